The molecule has 0 spiro atoms. The first-order chi connectivity index (χ1) is 19.1. The number of nitrogens with zero attached hydrogens (tertiary/aromatic N) is 5. The number of aromatic hydroxyl groups is 1. The Morgan fingerprint density at radius 1 is 1.10 bits per heavy atom. The summed E-state index contributed by atoms with van der Waals surface area (Å²) < 4.78 is 42.7. The maximum atomic E-state index is 14.0. The molecule has 0 fully saturated rings. The van der Waals surface area contributed by atoms with Crippen LogP contribution in [0.1, 0.15) is 61.9 Å². The van der Waals surface area contributed by atoms with Crippen LogP contribution in [0.3, 0.4) is 0 Å². The number of rotatable bonds is 9. The standard InChI is InChI=1S/C29H28FN5O4S/c1-4-6-10-25-34-28(36)26(29(37)35(25)24(5-2)23-9-7-8-20(17-31)33-23)40(38,39)21-13-11-19(12-14-21)22-15-16-32-27(30)18(22)3/h7-9,11-16,24,36H,4-6,10H2,1-3H3/t24-/m0/s1. The number of halogens is 1. The van der Waals surface area contributed by atoms with Gasteiger partial charge in [0.25, 0.3) is 5.56 Å². The summed E-state index contributed by atoms with van der Waals surface area (Å²) in [6, 6.07) is 13.3. The van der Waals surface area contributed by atoms with Gasteiger partial charge in [-0.05, 0) is 61.2 Å². The van der Waals surface area contributed by atoms with Crippen LogP contribution in [-0.2, 0) is 16.3 Å². The van der Waals surface area contributed by atoms with E-state index in [0.29, 0.717) is 41.6 Å². The highest BCUT2D eigenvalue weighted by Crippen LogP contribution is 2.30. The maximum absolute atomic E-state index is 14.0. The van der Waals surface area contributed by atoms with Crippen molar-refractivity contribution in [1.29, 1.82) is 5.26 Å². The van der Waals surface area contributed by atoms with Crippen molar-refractivity contribution in [3.05, 3.63) is 93.8 Å². The number of hydrogen-bond donors (Lipinski definition) is 1. The lowest BCUT2D eigenvalue weighted by Crippen LogP contribution is -2.34. The molecule has 1 atom stereocenters. The first-order valence-corrected chi connectivity index (χ1v) is 14.3. The largest absolute Gasteiger partial charge is 0.492 e. The smallest absolute Gasteiger partial charge is 0.277 e. The van der Waals surface area contributed by atoms with E-state index in [1.165, 1.54) is 41.1 Å². The van der Waals surface area contributed by atoms with Crippen LogP contribution in [0.2, 0.25) is 0 Å². The van der Waals surface area contributed by atoms with Crippen LogP contribution < -0.4 is 5.56 Å². The molecule has 0 radical (unpaired) electrons. The van der Waals surface area contributed by atoms with Gasteiger partial charge in [-0.2, -0.15) is 14.6 Å². The molecule has 0 amide bonds. The molecule has 0 bridgehead atoms. The van der Waals surface area contributed by atoms with Crippen LogP contribution in [0, 0.1) is 24.2 Å². The zero-order valence-electron chi connectivity index (χ0n) is 22.3. The number of sulfone groups is 1. The lowest BCUT2D eigenvalue weighted by atomic mass is 10.0. The Kier molecular flexibility index (Phi) is 8.40. The molecule has 40 heavy (non-hydrogen) atoms. The average Bonchev–Trinajstić information content (AvgIpc) is 2.95. The molecule has 9 nitrogen and oxygen atoms in total. The van der Waals surface area contributed by atoms with Crippen LogP contribution in [0.25, 0.3) is 11.1 Å². The average molecular weight is 562 g/mol. The van der Waals surface area contributed by atoms with Gasteiger partial charge < -0.3 is 5.11 Å². The fourth-order valence-electron chi connectivity index (χ4n) is 4.59. The number of aromatic nitrogens is 4. The number of unbranched alkanes of at least 4 members (excludes halogenated alkanes) is 1. The van der Waals surface area contributed by atoms with E-state index >= 15 is 0 Å². The highest BCUT2D eigenvalue weighted by molar-refractivity contribution is 7.91. The van der Waals surface area contributed by atoms with Gasteiger partial charge in [0, 0.05) is 18.2 Å². The van der Waals surface area contributed by atoms with Gasteiger partial charge in [0.05, 0.1) is 16.6 Å². The van der Waals surface area contributed by atoms with Crippen molar-refractivity contribution >= 4 is 9.84 Å². The van der Waals surface area contributed by atoms with E-state index in [1.807, 2.05) is 19.9 Å². The lowest BCUT2D eigenvalue weighted by Gasteiger charge is -2.22. The second-order valence-electron chi connectivity index (χ2n) is 9.25. The second-order valence-corrected chi connectivity index (χ2v) is 11.1. The molecule has 0 unspecified atom stereocenters. The molecule has 0 aliphatic rings. The SMILES string of the molecule is CCCCc1nc(O)c(S(=O)(=O)c2ccc(-c3ccnc(F)c3C)cc2)c(=O)n1[C@@H](CC)c1cccc(C#N)n1. The fourth-order valence-corrected chi connectivity index (χ4v) is 5.94. The van der Waals surface area contributed by atoms with E-state index in [4.69, 9.17) is 0 Å². The molecule has 206 valence electrons. The number of hydrogen-bond acceptors (Lipinski definition) is 8. The molecule has 0 aliphatic carbocycles. The predicted molar refractivity (Wildman–Crippen MR) is 146 cm³/mol. The molecule has 3 heterocycles. The number of aryl methyl sites for hydroxylation is 1. The van der Waals surface area contributed by atoms with Crippen LogP contribution in [-0.4, -0.2) is 33.0 Å². The third-order valence-corrected chi connectivity index (χ3v) is 8.48. The Balaban J connectivity index is 1.88. The first-order valence-electron chi connectivity index (χ1n) is 12.8. The Labute approximate surface area is 231 Å². The minimum atomic E-state index is -4.52. The number of nitriles is 1. The number of benzene rings is 1. The van der Waals surface area contributed by atoms with Gasteiger partial charge >= 0.3 is 0 Å². The molecular weight excluding hydrogens is 533 g/mol. The highest BCUT2D eigenvalue weighted by Gasteiger charge is 2.32. The van der Waals surface area contributed by atoms with Crippen LogP contribution in [0.5, 0.6) is 5.88 Å². The zero-order valence-corrected chi connectivity index (χ0v) is 23.1. The van der Waals surface area contributed by atoms with Crippen molar-refractivity contribution < 1.29 is 17.9 Å². The van der Waals surface area contributed by atoms with Crippen molar-refractivity contribution in [2.45, 2.75) is 62.3 Å². The minimum absolute atomic E-state index is 0.156. The monoisotopic (exact) mass is 561 g/mol. The summed E-state index contributed by atoms with van der Waals surface area (Å²) in [6.45, 7) is 5.34. The molecule has 1 N–H and O–H groups in total. The highest BCUT2D eigenvalue weighted by atomic mass is 32.2. The normalized spacial score (nSPS) is 12.2. The molecule has 0 aliphatic heterocycles. The van der Waals surface area contributed by atoms with Gasteiger partial charge in [-0.3, -0.25) is 9.36 Å². The van der Waals surface area contributed by atoms with Gasteiger partial charge in [-0.1, -0.05) is 38.5 Å². The summed E-state index contributed by atoms with van der Waals surface area (Å²) >= 11 is 0. The van der Waals surface area contributed by atoms with Gasteiger partial charge in [0.15, 0.2) is 4.90 Å². The van der Waals surface area contributed by atoms with Gasteiger partial charge in [-0.15, -0.1) is 0 Å². The summed E-state index contributed by atoms with van der Waals surface area (Å²) in [4.78, 5) is 25.0. The third kappa shape index (κ3) is 5.35. The summed E-state index contributed by atoms with van der Waals surface area (Å²) in [5, 5.41) is 20.1. The Morgan fingerprint density at radius 2 is 1.82 bits per heavy atom. The molecule has 0 saturated carbocycles. The van der Waals surface area contributed by atoms with Crippen LogP contribution in [0.4, 0.5) is 4.39 Å². The molecular formula is C29H28FN5O4S. The van der Waals surface area contributed by atoms with Crippen molar-refractivity contribution in [1.82, 2.24) is 19.5 Å². The van der Waals surface area contributed by atoms with Crippen molar-refractivity contribution in [3.8, 4) is 23.1 Å². The maximum Gasteiger partial charge on any atom is 0.277 e. The van der Waals surface area contributed by atoms with Crippen molar-refractivity contribution in [2.75, 3.05) is 0 Å². The Morgan fingerprint density at radius 3 is 2.48 bits per heavy atom. The Bertz CT molecular complexity index is 1760. The summed E-state index contributed by atoms with van der Waals surface area (Å²) in [6.07, 6.45) is 3.42. The van der Waals surface area contributed by atoms with Crippen LogP contribution in [0.15, 0.2) is 69.3 Å². The summed E-state index contributed by atoms with van der Waals surface area (Å²) in [5.41, 5.74) is 1.05. The molecule has 4 aromatic rings. The lowest BCUT2D eigenvalue weighted by molar-refractivity contribution is 0.405. The van der Waals surface area contributed by atoms with E-state index in [9.17, 15) is 28.0 Å². The fraction of sp³-hybridized carbons (Fsp3) is 0.276. The Hall–Kier alpha value is -4.43. The van der Waals surface area contributed by atoms with E-state index < -0.39 is 38.2 Å². The van der Waals surface area contributed by atoms with Gasteiger partial charge in [0.2, 0.25) is 21.7 Å². The van der Waals surface area contributed by atoms with Crippen molar-refractivity contribution in [3.63, 3.8) is 0 Å². The summed E-state index contributed by atoms with van der Waals surface area (Å²) in [5.74, 6) is -1.28. The molecule has 3 aromatic heterocycles. The van der Waals surface area contributed by atoms with E-state index in [0.717, 1.165) is 6.42 Å². The van der Waals surface area contributed by atoms with Crippen molar-refractivity contribution in [2.24, 2.45) is 0 Å². The first kappa shape index (κ1) is 28.6. The quantitative estimate of drug-likeness (QED) is 0.285. The van der Waals surface area contributed by atoms with E-state index in [2.05, 4.69) is 15.0 Å². The van der Waals surface area contributed by atoms with Gasteiger partial charge in [-0.25, -0.2) is 18.4 Å². The third-order valence-electron chi connectivity index (χ3n) is 6.69. The topological polar surface area (TPSA) is 139 Å². The van der Waals surface area contributed by atoms with E-state index in [1.54, 1.807) is 25.1 Å². The molecule has 1 aromatic carbocycles. The number of pyridine rings is 2. The predicted octanol–water partition coefficient (Wildman–Crippen LogP) is 4.90. The second kappa shape index (κ2) is 11.8. The molecule has 4 rings (SSSR count). The van der Waals surface area contributed by atoms with Crippen LogP contribution >= 0.6 is 0 Å². The molecule has 11 heteroatoms. The van der Waals surface area contributed by atoms with E-state index in [-0.39, 0.29) is 16.4 Å². The zero-order chi connectivity index (χ0) is 29.0. The van der Waals surface area contributed by atoms with Gasteiger partial charge in [0.1, 0.15) is 17.6 Å². The summed E-state index contributed by atoms with van der Waals surface area (Å²) in [7, 11) is -4.52. The molecule has 0 saturated heterocycles. The minimum Gasteiger partial charge on any atom is -0.492 e.